The van der Waals surface area contributed by atoms with E-state index in [1.165, 1.54) is 30.2 Å². The number of methoxy groups -OCH3 is 1. The Morgan fingerprint density at radius 1 is 1.02 bits per heavy atom. The van der Waals surface area contributed by atoms with E-state index in [0.29, 0.717) is 37.9 Å². The number of hydrogen-bond acceptors (Lipinski definition) is 5. The number of rotatable bonds is 12. The van der Waals surface area contributed by atoms with Crippen LogP contribution in [0, 0.1) is 6.92 Å². The topological polar surface area (TPSA) is 96.0 Å². The minimum atomic E-state index is -4.24. The van der Waals surface area contributed by atoms with Crippen LogP contribution < -0.4 is 14.4 Å². The van der Waals surface area contributed by atoms with E-state index in [2.05, 4.69) is 21.2 Å². The summed E-state index contributed by atoms with van der Waals surface area (Å²) in [6.07, 6.45) is 0.701. The molecule has 0 heterocycles. The van der Waals surface area contributed by atoms with E-state index in [1.54, 1.807) is 49.4 Å². The first kappa shape index (κ1) is 33.7. The van der Waals surface area contributed by atoms with Crippen molar-refractivity contribution in [3.8, 4) is 5.75 Å². The number of carbonyl (C=O) groups is 2. The minimum Gasteiger partial charge on any atom is -0.496 e. The molecule has 0 bridgehead atoms. The number of benzene rings is 3. The van der Waals surface area contributed by atoms with Gasteiger partial charge in [-0.2, -0.15) is 0 Å². The number of anilines is 1. The molecular formula is C30H34BrCl2N3O5S. The van der Waals surface area contributed by atoms with Gasteiger partial charge in [-0.3, -0.25) is 13.9 Å². The van der Waals surface area contributed by atoms with E-state index >= 15 is 0 Å². The van der Waals surface area contributed by atoms with Gasteiger partial charge in [0.1, 0.15) is 18.3 Å². The molecule has 2 atom stereocenters. The van der Waals surface area contributed by atoms with Crippen LogP contribution in [0.2, 0.25) is 10.0 Å². The number of carbonyl (C=O) groups excluding carboxylic acids is 2. The Labute approximate surface area is 266 Å². The zero-order valence-electron chi connectivity index (χ0n) is 24.0. The molecule has 0 unspecified atom stereocenters. The first-order valence-corrected chi connectivity index (χ1v) is 16.2. The van der Waals surface area contributed by atoms with Crippen LogP contribution in [0.15, 0.2) is 70.0 Å². The van der Waals surface area contributed by atoms with Gasteiger partial charge >= 0.3 is 0 Å². The number of halogens is 3. The van der Waals surface area contributed by atoms with Gasteiger partial charge in [0.25, 0.3) is 10.0 Å². The van der Waals surface area contributed by atoms with E-state index in [-0.39, 0.29) is 23.4 Å². The van der Waals surface area contributed by atoms with Crippen LogP contribution in [0.3, 0.4) is 0 Å². The Bertz CT molecular complexity index is 1540. The van der Waals surface area contributed by atoms with Gasteiger partial charge in [0, 0.05) is 22.6 Å². The highest BCUT2D eigenvalue weighted by Crippen LogP contribution is 2.31. The quantitative estimate of drug-likeness (QED) is 0.230. The highest BCUT2D eigenvalue weighted by Gasteiger charge is 2.33. The summed E-state index contributed by atoms with van der Waals surface area (Å²) < 4.78 is 34.8. The Morgan fingerprint density at radius 2 is 1.69 bits per heavy atom. The molecule has 3 aromatic rings. The van der Waals surface area contributed by atoms with Crippen molar-refractivity contribution in [2.45, 2.75) is 57.6 Å². The lowest BCUT2D eigenvalue weighted by molar-refractivity contribution is -0.139. The van der Waals surface area contributed by atoms with Gasteiger partial charge < -0.3 is 15.0 Å². The standard InChI is InChI=1S/C30H34BrCl2N3O5S/c1-6-20(3)34-30(38)21(4)35(17-22-9-10-23(32)15-27(22)33)29(37)18-36(24-11-7-19(2)8-12-24)42(39,40)25-13-14-28(41-5)26(31)16-25/h7-16,20-21H,6,17-18H2,1-5H3,(H,34,38)/t20-,21-/m1/s1. The summed E-state index contributed by atoms with van der Waals surface area (Å²) in [6.45, 7) is 6.68. The van der Waals surface area contributed by atoms with Crippen LogP contribution in [0.1, 0.15) is 38.3 Å². The van der Waals surface area contributed by atoms with Crippen molar-refractivity contribution < 1.29 is 22.7 Å². The molecule has 2 amide bonds. The molecule has 1 N–H and O–H groups in total. The first-order chi connectivity index (χ1) is 19.8. The monoisotopic (exact) mass is 697 g/mol. The molecule has 8 nitrogen and oxygen atoms in total. The van der Waals surface area contributed by atoms with Gasteiger partial charge in [0.2, 0.25) is 11.8 Å². The molecule has 0 aliphatic heterocycles. The van der Waals surface area contributed by atoms with E-state index in [9.17, 15) is 18.0 Å². The van der Waals surface area contributed by atoms with Gasteiger partial charge in [-0.05, 0) is 91.1 Å². The molecule has 0 aliphatic rings. The normalized spacial score (nSPS) is 12.8. The largest absolute Gasteiger partial charge is 0.496 e. The number of nitrogens with one attached hydrogen (secondary N) is 1. The fraction of sp³-hybridized carbons (Fsp3) is 0.333. The van der Waals surface area contributed by atoms with Crippen LogP contribution in [0.4, 0.5) is 5.69 Å². The molecule has 12 heteroatoms. The highest BCUT2D eigenvalue weighted by molar-refractivity contribution is 9.10. The maximum Gasteiger partial charge on any atom is 0.264 e. The van der Waals surface area contributed by atoms with Gasteiger partial charge in [0.05, 0.1) is 22.2 Å². The molecule has 0 saturated carbocycles. The molecule has 226 valence electrons. The predicted molar refractivity (Wildman–Crippen MR) is 171 cm³/mol. The molecule has 0 fully saturated rings. The molecule has 0 aromatic heterocycles. The maximum atomic E-state index is 14.1. The van der Waals surface area contributed by atoms with Gasteiger partial charge in [0.15, 0.2) is 0 Å². The van der Waals surface area contributed by atoms with Crippen LogP contribution in [-0.2, 0) is 26.2 Å². The summed E-state index contributed by atoms with van der Waals surface area (Å²) >= 11 is 15.9. The van der Waals surface area contributed by atoms with Crippen molar-refractivity contribution in [1.82, 2.24) is 10.2 Å². The Kier molecular flexibility index (Phi) is 11.7. The van der Waals surface area contributed by atoms with Crippen molar-refractivity contribution in [2.75, 3.05) is 18.0 Å². The number of sulfonamides is 1. The number of nitrogens with zero attached hydrogens (tertiary/aromatic N) is 2. The van der Waals surface area contributed by atoms with Gasteiger partial charge in [-0.1, -0.05) is 53.9 Å². The molecule has 0 saturated heterocycles. The third-order valence-corrected chi connectivity index (χ3v) is 9.81. The van der Waals surface area contributed by atoms with Crippen molar-refractivity contribution in [3.63, 3.8) is 0 Å². The molecule has 0 aliphatic carbocycles. The molecule has 3 aromatic carbocycles. The fourth-order valence-electron chi connectivity index (χ4n) is 4.06. The maximum absolute atomic E-state index is 14.1. The summed E-state index contributed by atoms with van der Waals surface area (Å²) in [5.41, 5.74) is 1.77. The van der Waals surface area contributed by atoms with Crippen molar-refractivity contribution in [3.05, 3.63) is 86.3 Å². The third kappa shape index (κ3) is 8.18. The second-order valence-electron chi connectivity index (χ2n) is 9.89. The van der Waals surface area contributed by atoms with Crippen LogP contribution in [0.5, 0.6) is 5.75 Å². The molecule has 0 spiro atoms. The second kappa shape index (κ2) is 14.6. The van der Waals surface area contributed by atoms with Crippen LogP contribution >= 0.6 is 39.1 Å². The Balaban J connectivity index is 2.07. The summed E-state index contributed by atoms with van der Waals surface area (Å²) in [7, 11) is -2.76. The minimum absolute atomic E-state index is 0.0419. The lowest BCUT2D eigenvalue weighted by Crippen LogP contribution is -2.52. The van der Waals surface area contributed by atoms with Crippen LogP contribution in [0.25, 0.3) is 0 Å². The van der Waals surface area contributed by atoms with Gasteiger partial charge in [-0.25, -0.2) is 8.42 Å². The average Bonchev–Trinajstić information content (AvgIpc) is 2.95. The van der Waals surface area contributed by atoms with E-state index in [1.807, 2.05) is 20.8 Å². The summed E-state index contributed by atoms with van der Waals surface area (Å²) in [6, 6.07) is 15.0. The number of hydrogen-bond donors (Lipinski definition) is 1. The first-order valence-electron chi connectivity index (χ1n) is 13.2. The zero-order valence-corrected chi connectivity index (χ0v) is 27.9. The highest BCUT2D eigenvalue weighted by atomic mass is 79.9. The third-order valence-electron chi connectivity index (χ3n) is 6.84. The Morgan fingerprint density at radius 3 is 2.26 bits per heavy atom. The second-order valence-corrected chi connectivity index (χ2v) is 13.5. The SMILES string of the molecule is CC[C@@H](C)NC(=O)[C@@H](C)N(Cc1ccc(Cl)cc1Cl)C(=O)CN(c1ccc(C)cc1)S(=O)(=O)c1ccc(OC)c(Br)c1. The number of amides is 2. The van der Waals surface area contributed by atoms with Gasteiger partial charge in [-0.15, -0.1) is 0 Å². The van der Waals surface area contributed by atoms with E-state index in [4.69, 9.17) is 27.9 Å². The predicted octanol–water partition coefficient (Wildman–Crippen LogP) is 6.60. The molecule has 3 rings (SSSR count). The Hall–Kier alpha value is -2.79. The summed E-state index contributed by atoms with van der Waals surface area (Å²) in [5.74, 6) is -0.504. The lowest BCUT2D eigenvalue weighted by atomic mass is 10.1. The van der Waals surface area contributed by atoms with Crippen molar-refractivity contribution >= 4 is 66.7 Å². The summed E-state index contributed by atoms with van der Waals surface area (Å²) in [4.78, 5) is 28.5. The lowest BCUT2D eigenvalue weighted by Gasteiger charge is -2.32. The van der Waals surface area contributed by atoms with Crippen LogP contribution in [-0.4, -0.2) is 50.9 Å². The fourth-order valence-corrected chi connectivity index (χ4v) is 6.66. The van der Waals surface area contributed by atoms with Crippen molar-refractivity contribution in [2.24, 2.45) is 0 Å². The molecule has 0 radical (unpaired) electrons. The van der Waals surface area contributed by atoms with E-state index < -0.39 is 28.5 Å². The zero-order chi connectivity index (χ0) is 31.2. The van der Waals surface area contributed by atoms with E-state index in [0.717, 1.165) is 9.87 Å². The molecule has 42 heavy (non-hydrogen) atoms. The average molecular weight is 699 g/mol. The van der Waals surface area contributed by atoms with Crippen molar-refractivity contribution in [1.29, 1.82) is 0 Å². The smallest absolute Gasteiger partial charge is 0.264 e. The molecular weight excluding hydrogens is 665 g/mol. The summed E-state index contributed by atoms with van der Waals surface area (Å²) in [5, 5.41) is 3.65. The number of aryl methyl sites for hydroxylation is 1. The number of ether oxygens (including phenoxy) is 1.